The third-order valence-electron chi connectivity index (χ3n) is 8.18. The van der Waals surface area contributed by atoms with Crippen LogP contribution in [0.25, 0.3) is 11.1 Å². The van der Waals surface area contributed by atoms with Crippen LogP contribution < -0.4 is 21.7 Å². The van der Waals surface area contributed by atoms with Crippen molar-refractivity contribution in [1.82, 2.24) is 20.6 Å². The number of carbonyl (C=O) groups excluding carboxylic acids is 2. The van der Waals surface area contributed by atoms with Crippen molar-refractivity contribution in [3.05, 3.63) is 114 Å². The van der Waals surface area contributed by atoms with Crippen LogP contribution in [0.15, 0.2) is 85.5 Å². The molecule has 2 aromatic carbocycles. The first kappa shape index (κ1) is 36.1. The molecule has 4 atom stereocenters. The first-order chi connectivity index (χ1) is 24.0. The van der Waals surface area contributed by atoms with Crippen LogP contribution in [0.5, 0.6) is 0 Å². The molecule has 0 radical (unpaired) electrons. The number of amides is 2. The Kier molecular flexibility index (Phi) is 11.9. The lowest BCUT2D eigenvalue weighted by Gasteiger charge is -2.31. The number of hydrogen-bond donors (Lipinski definition) is 4. The van der Waals surface area contributed by atoms with E-state index in [1.807, 2.05) is 36.4 Å². The van der Waals surface area contributed by atoms with Gasteiger partial charge in [0.1, 0.15) is 30.8 Å². The number of hydrogen-bond acceptors (Lipinski definition) is 8. The van der Waals surface area contributed by atoms with Crippen molar-refractivity contribution in [2.75, 3.05) is 31.6 Å². The molecule has 2 amide bonds. The van der Waals surface area contributed by atoms with Crippen LogP contribution in [0.3, 0.4) is 0 Å². The van der Waals surface area contributed by atoms with E-state index in [-0.39, 0.29) is 37.0 Å². The molecular weight excluding hydrogens is 663 g/mol. The number of anilines is 1. The molecule has 1 aliphatic heterocycles. The Morgan fingerprint density at radius 2 is 1.70 bits per heavy atom. The Morgan fingerprint density at radius 1 is 0.980 bits per heavy atom. The molecule has 2 aromatic heterocycles. The number of nitrogens with zero attached hydrogens (tertiary/aromatic N) is 2. The fraction of sp³-hybridized carbons (Fsp3) is 0.314. The molecule has 0 aliphatic carbocycles. The highest BCUT2D eigenvalue weighted by atomic mass is 19.4. The third kappa shape index (κ3) is 9.95. The van der Waals surface area contributed by atoms with Crippen molar-refractivity contribution in [3.8, 4) is 11.1 Å². The quantitative estimate of drug-likeness (QED) is 0.142. The van der Waals surface area contributed by atoms with Gasteiger partial charge in [-0.25, -0.2) is 13.6 Å². The van der Waals surface area contributed by atoms with Gasteiger partial charge in [-0.05, 0) is 53.3 Å². The average molecular weight is 699 g/mol. The molecule has 4 aromatic rings. The summed E-state index contributed by atoms with van der Waals surface area (Å²) in [6.07, 6.45) is 0.264. The molecule has 0 spiro atoms. The van der Waals surface area contributed by atoms with E-state index in [1.165, 1.54) is 18.3 Å². The highest BCUT2D eigenvalue weighted by molar-refractivity contribution is 5.85. The SMILES string of the molecule is NC(=O)[C@@H](Nc1cncc(F)c1CC[C@@H]1CN[C@H](COC(=O)NCC(F)(F)F)CO1)C(c1ccc(F)cc1)c1ccc(-c2cccnc2)cc1. The summed E-state index contributed by atoms with van der Waals surface area (Å²) in [6.45, 7) is -1.31. The maximum absolute atomic E-state index is 15.3. The minimum absolute atomic E-state index is 0.101. The van der Waals surface area contributed by atoms with Gasteiger partial charge in [0.2, 0.25) is 5.91 Å². The van der Waals surface area contributed by atoms with Crippen LogP contribution in [0.4, 0.5) is 32.4 Å². The topological polar surface area (TPSA) is 140 Å². The van der Waals surface area contributed by atoms with Crippen LogP contribution in [0.1, 0.15) is 29.0 Å². The first-order valence-corrected chi connectivity index (χ1v) is 15.7. The Bertz CT molecular complexity index is 1720. The summed E-state index contributed by atoms with van der Waals surface area (Å²) in [7, 11) is 0. The smallest absolute Gasteiger partial charge is 0.407 e. The number of morpholine rings is 1. The van der Waals surface area contributed by atoms with E-state index in [0.717, 1.165) is 17.3 Å². The highest BCUT2D eigenvalue weighted by Gasteiger charge is 2.32. The Hall–Kier alpha value is -5.15. The Labute approximate surface area is 284 Å². The second-order valence-electron chi connectivity index (χ2n) is 11.7. The van der Waals surface area contributed by atoms with Crippen LogP contribution in [0.2, 0.25) is 0 Å². The van der Waals surface area contributed by atoms with Crippen molar-refractivity contribution in [3.63, 3.8) is 0 Å². The van der Waals surface area contributed by atoms with E-state index in [9.17, 15) is 27.2 Å². The van der Waals surface area contributed by atoms with Crippen LogP contribution in [-0.2, 0) is 20.7 Å². The molecule has 5 rings (SSSR count). The molecule has 1 saturated heterocycles. The zero-order valence-electron chi connectivity index (χ0n) is 26.6. The summed E-state index contributed by atoms with van der Waals surface area (Å²) in [4.78, 5) is 32.8. The molecular formula is C35H35F5N6O4. The van der Waals surface area contributed by atoms with Gasteiger partial charge in [-0.1, -0.05) is 42.5 Å². The fourth-order valence-electron chi connectivity index (χ4n) is 5.66. The number of primary amides is 1. The van der Waals surface area contributed by atoms with E-state index < -0.39 is 54.4 Å². The van der Waals surface area contributed by atoms with Gasteiger partial charge in [0.05, 0.1) is 36.8 Å². The zero-order valence-corrected chi connectivity index (χ0v) is 26.6. The number of nitrogens with two attached hydrogens (primary N) is 1. The maximum atomic E-state index is 15.3. The lowest BCUT2D eigenvalue weighted by Crippen LogP contribution is -2.49. The predicted molar refractivity (Wildman–Crippen MR) is 174 cm³/mol. The van der Waals surface area contributed by atoms with E-state index in [4.69, 9.17) is 15.2 Å². The minimum Gasteiger partial charge on any atom is -0.448 e. The fourth-order valence-corrected chi connectivity index (χ4v) is 5.66. The summed E-state index contributed by atoms with van der Waals surface area (Å²) >= 11 is 0. The highest BCUT2D eigenvalue weighted by Crippen LogP contribution is 2.33. The zero-order chi connectivity index (χ0) is 35.7. The molecule has 0 saturated carbocycles. The average Bonchev–Trinajstić information content (AvgIpc) is 3.11. The molecule has 50 heavy (non-hydrogen) atoms. The van der Waals surface area contributed by atoms with Crippen LogP contribution in [-0.4, -0.2) is 72.6 Å². The number of alkyl halides is 3. The lowest BCUT2D eigenvalue weighted by molar-refractivity contribution is -0.124. The summed E-state index contributed by atoms with van der Waals surface area (Å²) in [5.74, 6) is -2.50. The first-order valence-electron chi connectivity index (χ1n) is 15.7. The second-order valence-corrected chi connectivity index (χ2v) is 11.7. The van der Waals surface area contributed by atoms with E-state index >= 15 is 4.39 Å². The van der Waals surface area contributed by atoms with Crippen molar-refractivity contribution in [2.45, 2.75) is 43.1 Å². The van der Waals surface area contributed by atoms with E-state index in [0.29, 0.717) is 24.1 Å². The second kappa shape index (κ2) is 16.5. The number of benzene rings is 2. The molecule has 3 heterocycles. The van der Waals surface area contributed by atoms with E-state index in [1.54, 1.807) is 29.8 Å². The predicted octanol–water partition coefficient (Wildman–Crippen LogP) is 5.10. The molecule has 15 heteroatoms. The summed E-state index contributed by atoms with van der Waals surface area (Å²) in [5.41, 5.74) is 9.54. The standard InChI is InChI=1S/C35H35F5N6O4/c36-25-9-7-23(8-10-25)31(22-5-3-21(4-6-22)24-2-1-13-42-14-24)32(33(41)47)46-30-17-43-16-29(37)28(30)12-11-27-15-44-26(18-49-27)19-50-34(48)45-20-35(38,39)40/h1-10,13-14,16-17,26-27,31-32,44,46H,11-12,15,18-20H2,(H2,41,47)(H,45,48)/t26-,27+,31?,32-/m0/s1. The van der Waals surface area contributed by atoms with Gasteiger partial charge >= 0.3 is 12.3 Å². The van der Waals surface area contributed by atoms with Crippen molar-refractivity contribution >= 4 is 17.7 Å². The molecule has 0 bridgehead atoms. The van der Waals surface area contributed by atoms with E-state index in [2.05, 4.69) is 20.6 Å². The Balaban J connectivity index is 1.28. The largest absolute Gasteiger partial charge is 0.448 e. The number of nitrogens with one attached hydrogen (secondary N) is 3. The number of aromatic nitrogens is 2. The van der Waals surface area contributed by atoms with Gasteiger partial charge in [0.25, 0.3) is 0 Å². The Morgan fingerprint density at radius 3 is 2.32 bits per heavy atom. The molecule has 1 fully saturated rings. The van der Waals surface area contributed by atoms with Crippen LogP contribution in [0, 0.1) is 11.6 Å². The minimum atomic E-state index is -4.56. The molecule has 1 unspecified atom stereocenters. The molecule has 5 N–H and O–H groups in total. The monoisotopic (exact) mass is 698 g/mol. The van der Waals surface area contributed by atoms with Gasteiger partial charge in [0, 0.05) is 30.4 Å². The van der Waals surface area contributed by atoms with Gasteiger partial charge in [-0.2, -0.15) is 13.2 Å². The van der Waals surface area contributed by atoms with Gasteiger partial charge < -0.3 is 31.2 Å². The summed E-state index contributed by atoms with van der Waals surface area (Å²) in [6, 6.07) is 15.4. The maximum Gasteiger partial charge on any atom is 0.407 e. The van der Waals surface area contributed by atoms with Crippen molar-refractivity contribution < 1.29 is 41.0 Å². The third-order valence-corrected chi connectivity index (χ3v) is 8.18. The lowest BCUT2D eigenvalue weighted by atomic mass is 9.83. The van der Waals surface area contributed by atoms with Crippen molar-refractivity contribution in [2.24, 2.45) is 5.73 Å². The summed E-state index contributed by atoms with van der Waals surface area (Å²) < 4.78 is 76.7. The number of ether oxygens (including phenoxy) is 2. The number of alkyl carbamates (subject to hydrolysis) is 1. The number of carbonyl (C=O) groups is 2. The van der Waals surface area contributed by atoms with Crippen LogP contribution >= 0.6 is 0 Å². The summed E-state index contributed by atoms with van der Waals surface area (Å²) in [5, 5.41) is 7.87. The molecule has 1 aliphatic rings. The number of pyridine rings is 2. The van der Waals surface area contributed by atoms with Gasteiger partial charge in [-0.3, -0.25) is 14.8 Å². The molecule has 264 valence electrons. The van der Waals surface area contributed by atoms with Gasteiger partial charge in [0.15, 0.2) is 0 Å². The normalized spacial score (nSPS) is 17.4. The van der Waals surface area contributed by atoms with Gasteiger partial charge in [-0.15, -0.1) is 0 Å². The number of halogens is 5. The molecule has 10 nitrogen and oxygen atoms in total. The number of rotatable bonds is 13. The van der Waals surface area contributed by atoms with Crippen molar-refractivity contribution in [1.29, 1.82) is 0 Å².